The summed E-state index contributed by atoms with van der Waals surface area (Å²) in [6.07, 6.45) is 2.13. The number of nitrogens with one attached hydrogen (secondary N) is 1. The Balaban J connectivity index is 1.43. The second-order valence-corrected chi connectivity index (χ2v) is 8.76. The Bertz CT molecular complexity index is 891. The predicted molar refractivity (Wildman–Crippen MR) is 105 cm³/mol. The summed E-state index contributed by atoms with van der Waals surface area (Å²) in [6, 6.07) is 14.4. The van der Waals surface area contributed by atoms with Crippen molar-refractivity contribution in [3.05, 3.63) is 59.2 Å². The van der Waals surface area contributed by atoms with E-state index in [0.29, 0.717) is 0 Å². The monoisotopic (exact) mass is 381 g/mol. The molecule has 2 aromatic carbocycles. The molecule has 0 aromatic heterocycles. The summed E-state index contributed by atoms with van der Waals surface area (Å²) in [5.74, 6) is 1.04. The number of ketones is 1. The Morgan fingerprint density at radius 1 is 1.22 bits per heavy atom. The lowest BCUT2D eigenvalue weighted by Crippen LogP contribution is -2.40. The van der Waals surface area contributed by atoms with Crippen LogP contribution in [0.5, 0.6) is 5.75 Å². The Morgan fingerprint density at radius 3 is 2.85 bits per heavy atom. The molecule has 1 saturated heterocycles. The molecule has 1 unspecified atom stereocenters. The third-order valence-corrected chi connectivity index (χ3v) is 7.34. The average molecular weight is 381 g/mol. The number of carbonyl (C=O) groups excluding carboxylic acids is 1. The molecule has 27 heavy (non-hydrogen) atoms. The van der Waals surface area contributed by atoms with Crippen LogP contribution in [-0.2, 0) is 21.6 Å². The van der Waals surface area contributed by atoms with Gasteiger partial charge < -0.3 is 14.8 Å². The van der Waals surface area contributed by atoms with Crippen molar-refractivity contribution in [2.75, 3.05) is 20.2 Å². The standard InChI is InChI=1S/C22H23NO3S/c1-25-15-6-7-18-14(12-15)13-19(27-18)20(24)21-16-4-2-3-5-17(16)22(26-21)8-10-23-11-9-22/h2-7,12,19,21,23H,8-11,13H2,1H3/t19-,21?/m1/s1. The molecule has 1 fully saturated rings. The van der Waals surface area contributed by atoms with Crippen LogP contribution in [0.25, 0.3) is 0 Å². The number of thioether (sulfide) groups is 1. The summed E-state index contributed by atoms with van der Waals surface area (Å²) in [7, 11) is 1.67. The van der Waals surface area contributed by atoms with Gasteiger partial charge in [0.2, 0.25) is 0 Å². The Hall–Kier alpha value is -1.82. The molecule has 0 radical (unpaired) electrons. The van der Waals surface area contributed by atoms with Crippen LogP contribution in [0.4, 0.5) is 0 Å². The van der Waals surface area contributed by atoms with Gasteiger partial charge >= 0.3 is 0 Å². The maximum absolute atomic E-state index is 13.5. The zero-order valence-electron chi connectivity index (χ0n) is 15.4. The van der Waals surface area contributed by atoms with Crippen LogP contribution in [0.15, 0.2) is 47.4 Å². The minimum Gasteiger partial charge on any atom is -0.497 e. The van der Waals surface area contributed by atoms with E-state index >= 15 is 0 Å². The highest BCUT2D eigenvalue weighted by Crippen LogP contribution is 2.51. The molecule has 0 amide bonds. The largest absolute Gasteiger partial charge is 0.497 e. The van der Waals surface area contributed by atoms with E-state index in [4.69, 9.17) is 9.47 Å². The van der Waals surface area contributed by atoms with Crippen molar-refractivity contribution in [2.45, 2.75) is 41.1 Å². The van der Waals surface area contributed by atoms with Gasteiger partial charge in [0.25, 0.3) is 0 Å². The van der Waals surface area contributed by atoms with Gasteiger partial charge in [0, 0.05) is 4.90 Å². The van der Waals surface area contributed by atoms with E-state index < -0.39 is 6.10 Å². The first-order valence-corrected chi connectivity index (χ1v) is 10.4. The van der Waals surface area contributed by atoms with Crippen molar-refractivity contribution in [3.63, 3.8) is 0 Å². The Morgan fingerprint density at radius 2 is 2.04 bits per heavy atom. The zero-order chi connectivity index (χ0) is 18.4. The van der Waals surface area contributed by atoms with Crippen molar-refractivity contribution in [1.82, 2.24) is 5.32 Å². The summed E-state index contributed by atoms with van der Waals surface area (Å²) in [6.45, 7) is 1.86. The second kappa shape index (κ2) is 6.66. The number of ether oxygens (including phenoxy) is 2. The highest BCUT2D eigenvalue weighted by Gasteiger charge is 2.49. The highest BCUT2D eigenvalue weighted by molar-refractivity contribution is 8.01. The molecule has 4 nitrogen and oxygen atoms in total. The van der Waals surface area contributed by atoms with Crippen LogP contribution in [0, 0.1) is 0 Å². The van der Waals surface area contributed by atoms with Gasteiger partial charge in [0.15, 0.2) is 5.78 Å². The Kier molecular flexibility index (Phi) is 4.26. The van der Waals surface area contributed by atoms with Gasteiger partial charge in [-0.05, 0) is 67.2 Å². The molecule has 3 aliphatic heterocycles. The van der Waals surface area contributed by atoms with Gasteiger partial charge in [0.1, 0.15) is 11.9 Å². The lowest BCUT2D eigenvalue weighted by Gasteiger charge is -2.34. The fraction of sp³-hybridized carbons (Fsp3) is 0.409. The van der Waals surface area contributed by atoms with E-state index in [1.165, 1.54) is 16.0 Å². The van der Waals surface area contributed by atoms with E-state index in [9.17, 15) is 4.79 Å². The third-order valence-electron chi connectivity index (χ3n) is 6.01. The molecule has 0 aliphatic carbocycles. The van der Waals surface area contributed by atoms with Crippen molar-refractivity contribution in [1.29, 1.82) is 0 Å². The molecule has 3 aliphatic rings. The molecule has 3 heterocycles. The summed E-state index contributed by atoms with van der Waals surface area (Å²) in [4.78, 5) is 14.6. The van der Waals surface area contributed by atoms with E-state index in [2.05, 4.69) is 29.6 Å². The van der Waals surface area contributed by atoms with Gasteiger partial charge in [-0.1, -0.05) is 24.3 Å². The first-order chi connectivity index (χ1) is 13.2. The minimum atomic E-state index is -0.451. The molecule has 2 aromatic rings. The van der Waals surface area contributed by atoms with Crippen molar-refractivity contribution >= 4 is 17.5 Å². The first-order valence-electron chi connectivity index (χ1n) is 9.55. The maximum atomic E-state index is 13.5. The number of piperidine rings is 1. The van der Waals surface area contributed by atoms with Crippen LogP contribution in [0.1, 0.15) is 35.6 Å². The van der Waals surface area contributed by atoms with E-state index in [1.807, 2.05) is 18.2 Å². The number of hydrogen-bond acceptors (Lipinski definition) is 5. The van der Waals surface area contributed by atoms with E-state index in [0.717, 1.165) is 43.7 Å². The molecule has 5 rings (SSSR count). The van der Waals surface area contributed by atoms with E-state index in [1.54, 1.807) is 18.9 Å². The fourth-order valence-electron chi connectivity index (χ4n) is 4.60. The van der Waals surface area contributed by atoms with Crippen molar-refractivity contribution in [3.8, 4) is 5.75 Å². The number of hydrogen-bond donors (Lipinski definition) is 1. The van der Waals surface area contributed by atoms with Crippen LogP contribution in [-0.4, -0.2) is 31.2 Å². The van der Waals surface area contributed by atoms with Crippen molar-refractivity contribution < 1.29 is 14.3 Å². The molecule has 0 bridgehead atoms. The molecular formula is C22H23NO3S. The molecule has 140 valence electrons. The molecule has 1 N–H and O–H groups in total. The zero-order valence-corrected chi connectivity index (χ0v) is 16.2. The number of carbonyl (C=O) groups is 1. The lowest BCUT2D eigenvalue weighted by molar-refractivity contribution is -0.144. The quantitative estimate of drug-likeness (QED) is 0.880. The molecule has 1 spiro atoms. The smallest absolute Gasteiger partial charge is 0.179 e. The van der Waals surface area contributed by atoms with E-state index in [-0.39, 0.29) is 16.6 Å². The minimum absolute atomic E-state index is 0.0953. The second-order valence-electron chi connectivity index (χ2n) is 7.52. The van der Waals surface area contributed by atoms with Crippen molar-refractivity contribution in [2.24, 2.45) is 0 Å². The van der Waals surface area contributed by atoms with Crippen LogP contribution >= 0.6 is 11.8 Å². The van der Waals surface area contributed by atoms with Gasteiger partial charge in [-0.2, -0.15) is 0 Å². The molecule has 0 saturated carbocycles. The van der Waals surface area contributed by atoms with Gasteiger partial charge in [-0.25, -0.2) is 0 Å². The topological polar surface area (TPSA) is 47.6 Å². The number of benzene rings is 2. The molecule has 5 heteroatoms. The average Bonchev–Trinajstić information content (AvgIpc) is 3.28. The number of rotatable bonds is 3. The summed E-state index contributed by atoms with van der Waals surface area (Å²) >= 11 is 1.66. The van der Waals surface area contributed by atoms with Gasteiger partial charge in [-0.15, -0.1) is 11.8 Å². The fourth-order valence-corrected chi connectivity index (χ4v) is 5.85. The number of methoxy groups -OCH3 is 1. The summed E-state index contributed by atoms with van der Waals surface area (Å²) in [5.41, 5.74) is 3.17. The van der Waals surface area contributed by atoms with Crippen LogP contribution in [0.3, 0.4) is 0 Å². The highest BCUT2D eigenvalue weighted by atomic mass is 32.2. The van der Waals surface area contributed by atoms with Gasteiger partial charge in [-0.3, -0.25) is 4.79 Å². The number of fused-ring (bicyclic) bond motifs is 3. The lowest BCUT2D eigenvalue weighted by atomic mass is 9.84. The molecule has 2 atom stereocenters. The summed E-state index contributed by atoms with van der Waals surface area (Å²) in [5, 5.41) is 3.31. The van der Waals surface area contributed by atoms with Crippen LogP contribution < -0.4 is 10.1 Å². The maximum Gasteiger partial charge on any atom is 0.179 e. The van der Waals surface area contributed by atoms with Gasteiger partial charge in [0.05, 0.1) is 18.0 Å². The Labute approximate surface area is 163 Å². The predicted octanol–water partition coefficient (Wildman–Crippen LogP) is 3.63. The number of Topliss-reactive ketones (excluding diaryl/α,β-unsaturated/α-hetero) is 1. The third kappa shape index (κ3) is 2.80. The normalized spacial score (nSPS) is 25.2. The summed E-state index contributed by atoms with van der Waals surface area (Å²) < 4.78 is 11.9. The molecular weight excluding hydrogens is 358 g/mol. The van der Waals surface area contributed by atoms with Crippen LogP contribution in [0.2, 0.25) is 0 Å². The first kappa shape index (κ1) is 17.3. The SMILES string of the molecule is COc1ccc2c(c1)C[C@H](C(=O)C1OC3(CCNCC3)c3ccccc31)S2.